The SMILES string of the molecule is CC1C(=O)N2CCCC2C(=O)N1C(C)C1CCOCC1. The third kappa shape index (κ3) is 2.12. The molecule has 3 aliphatic heterocycles. The van der Waals surface area contributed by atoms with Crippen molar-refractivity contribution in [2.24, 2.45) is 5.92 Å². The van der Waals surface area contributed by atoms with Crippen LogP contribution in [0.25, 0.3) is 0 Å². The molecule has 112 valence electrons. The molecule has 0 N–H and O–H groups in total. The Labute approximate surface area is 120 Å². The number of piperazine rings is 1. The van der Waals surface area contributed by atoms with Gasteiger partial charge in [-0.05, 0) is 45.4 Å². The fourth-order valence-electron chi connectivity index (χ4n) is 3.99. The number of hydrogen-bond acceptors (Lipinski definition) is 3. The molecule has 3 heterocycles. The summed E-state index contributed by atoms with van der Waals surface area (Å²) in [5.41, 5.74) is 0. The summed E-state index contributed by atoms with van der Waals surface area (Å²) in [6.07, 6.45) is 3.75. The summed E-state index contributed by atoms with van der Waals surface area (Å²) in [6, 6.07) is -0.371. The maximum Gasteiger partial charge on any atom is 0.246 e. The highest BCUT2D eigenvalue weighted by Crippen LogP contribution is 2.32. The van der Waals surface area contributed by atoms with E-state index in [1.807, 2.05) is 11.8 Å². The molecular weight excluding hydrogens is 256 g/mol. The summed E-state index contributed by atoms with van der Waals surface area (Å²) < 4.78 is 5.40. The van der Waals surface area contributed by atoms with Crippen molar-refractivity contribution in [2.75, 3.05) is 19.8 Å². The van der Waals surface area contributed by atoms with Crippen molar-refractivity contribution in [1.29, 1.82) is 0 Å². The van der Waals surface area contributed by atoms with Crippen LogP contribution in [0.2, 0.25) is 0 Å². The highest BCUT2D eigenvalue weighted by molar-refractivity contribution is 5.97. The van der Waals surface area contributed by atoms with E-state index in [4.69, 9.17) is 4.74 Å². The average Bonchev–Trinajstić information content (AvgIpc) is 2.96. The van der Waals surface area contributed by atoms with Crippen LogP contribution >= 0.6 is 0 Å². The summed E-state index contributed by atoms with van der Waals surface area (Å²) in [5, 5.41) is 0. The van der Waals surface area contributed by atoms with Gasteiger partial charge in [-0.15, -0.1) is 0 Å². The highest BCUT2D eigenvalue weighted by Gasteiger charge is 2.48. The van der Waals surface area contributed by atoms with Crippen LogP contribution in [-0.2, 0) is 14.3 Å². The number of carbonyl (C=O) groups excluding carboxylic acids is 2. The summed E-state index contributed by atoms with van der Waals surface area (Å²) in [5.74, 6) is 0.746. The molecule has 5 heteroatoms. The molecule has 5 nitrogen and oxygen atoms in total. The molecular formula is C15H24N2O3. The quantitative estimate of drug-likeness (QED) is 0.759. The fraction of sp³-hybridized carbons (Fsp3) is 0.867. The van der Waals surface area contributed by atoms with Crippen molar-refractivity contribution >= 4 is 11.8 Å². The van der Waals surface area contributed by atoms with E-state index in [9.17, 15) is 9.59 Å². The third-order valence-electron chi connectivity index (χ3n) is 5.24. The first kappa shape index (κ1) is 13.9. The Morgan fingerprint density at radius 1 is 1.15 bits per heavy atom. The molecule has 3 saturated heterocycles. The molecule has 3 atom stereocenters. The zero-order valence-corrected chi connectivity index (χ0v) is 12.4. The van der Waals surface area contributed by atoms with E-state index in [1.165, 1.54) is 0 Å². The molecule has 3 fully saturated rings. The average molecular weight is 280 g/mol. The summed E-state index contributed by atoms with van der Waals surface area (Å²) in [4.78, 5) is 28.9. The van der Waals surface area contributed by atoms with E-state index in [0.29, 0.717) is 5.92 Å². The number of nitrogens with zero attached hydrogens (tertiary/aromatic N) is 2. The van der Waals surface area contributed by atoms with Crippen molar-refractivity contribution in [1.82, 2.24) is 9.80 Å². The fourth-order valence-corrected chi connectivity index (χ4v) is 3.99. The van der Waals surface area contributed by atoms with Gasteiger partial charge >= 0.3 is 0 Å². The van der Waals surface area contributed by atoms with Crippen LogP contribution in [-0.4, -0.2) is 59.5 Å². The van der Waals surface area contributed by atoms with Gasteiger partial charge in [0.2, 0.25) is 11.8 Å². The number of fused-ring (bicyclic) bond motifs is 1. The van der Waals surface area contributed by atoms with Gasteiger partial charge in [0.1, 0.15) is 12.1 Å². The second kappa shape index (κ2) is 5.35. The molecule has 0 radical (unpaired) electrons. The lowest BCUT2D eigenvalue weighted by atomic mass is 9.89. The summed E-state index contributed by atoms with van der Waals surface area (Å²) in [6.45, 7) is 6.27. The predicted octanol–water partition coefficient (Wildman–Crippen LogP) is 1.02. The summed E-state index contributed by atoms with van der Waals surface area (Å²) in [7, 11) is 0. The van der Waals surface area contributed by atoms with Crippen molar-refractivity contribution < 1.29 is 14.3 Å². The van der Waals surface area contributed by atoms with Gasteiger partial charge in [-0.2, -0.15) is 0 Å². The molecule has 3 aliphatic rings. The maximum absolute atomic E-state index is 12.7. The molecule has 0 aromatic rings. The second-order valence-corrected chi connectivity index (χ2v) is 6.30. The first-order chi connectivity index (χ1) is 9.61. The molecule has 0 aromatic heterocycles. The minimum atomic E-state index is -0.310. The van der Waals surface area contributed by atoms with Gasteiger partial charge in [-0.3, -0.25) is 9.59 Å². The molecule has 0 aromatic carbocycles. The zero-order valence-electron chi connectivity index (χ0n) is 12.4. The minimum absolute atomic E-state index is 0.131. The van der Waals surface area contributed by atoms with Crippen LogP contribution < -0.4 is 0 Å². The lowest BCUT2D eigenvalue weighted by molar-refractivity contribution is -0.162. The largest absolute Gasteiger partial charge is 0.381 e. The van der Waals surface area contributed by atoms with E-state index < -0.39 is 0 Å². The number of hydrogen-bond donors (Lipinski definition) is 0. The van der Waals surface area contributed by atoms with E-state index in [2.05, 4.69) is 6.92 Å². The van der Waals surface area contributed by atoms with Gasteiger partial charge < -0.3 is 14.5 Å². The van der Waals surface area contributed by atoms with E-state index in [-0.39, 0.29) is 29.9 Å². The minimum Gasteiger partial charge on any atom is -0.381 e. The second-order valence-electron chi connectivity index (χ2n) is 6.30. The van der Waals surface area contributed by atoms with Crippen LogP contribution in [0.1, 0.15) is 39.5 Å². The lowest BCUT2D eigenvalue weighted by Gasteiger charge is -2.46. The van der Waals surface area contributed by atoms with Gasteiger partial charge in [0.25, 0.3) is 0 Å². The Morgan fingerprint density at radius 3 is 2.55 bits per heavy atom. The lowest BCUT2D eigenvalue weighted by Crippen LogP contribution is -2.65. The standard InChI is InChI=1S/C15H24N2O3/c1-10(12-5-8-20-9-6-12)17-11(2)14(18)16-7-3-4-13(16)15(17)19/h10-13H,3-9H2,1-2H3. The van der Waals surface area contributed by atoms with Crippen LogP contribution in [0.15, 0.2) is 0 Å². The first-order valence-electron chi connectivity index (χ1n) is 7.81. The number of rotatable bonds is 2. The van der Waals surface area contributed by atoms with Crippen molar-refractivity contribution in [3.05, 3.63) is 0 Å². The molecule has 3 unspecified atom stereocenters. The first-order valence-corrected chi connectivity index (χ1v) is 7.81. The van der Waals surface area contributed by atoms with Gasteiger partial charge in [0.05, 0.1) is 0 Å². The predicted molar refractivity (Wildman–Crippen MR) is 74.0 cm³/mol. The Morgan fingerprint density at radius 2 is 1.85 bits per heavy atom. The normalized spacial score (nSPS) is 33.5. The maximum atomic E-state index is 12.7. The van der Waals surface area contributed by atoms with Gasteiger partial charge in [0.15, 0.2) is 0 Å². The van der Waals surface area contributed by atoms with Crippen molar-refractivity contribution in [3.63, 3.8) is 0 Å². The van der Waals surface area contributed by atoms with E-state index in [1.54, 1.807) is 4.90 Å². The van der Waals surface area contributed by atoms with E-state index in [0.717, 1.165) is 45.4 Å². The number of carbonyl (C=O) groups is 2. The van der Waals surface area contributed by atoms with Gasteiger partial charge in [-0.25, -0.2) is 0 Å². The van der Waals surface area contributed by atoms with Gasteiger partial charge in [0, 0.05) is 25.8 Å². The van der Waals surface area contributed by atoms with Crippen LogP contribution in [0.5, 0.6) is 0 Å². The molecule has 0 spiro atoms. The molecule has 0 aliphatic carbocycles. The van der Waals surface area contributed by atoms with Crippen LogP contribution in [0.4, 0.5) is 0 Å². The van der Waals surface area contributed by atoms with Crippen LogP contribution in [0.3, 0.4) is 0 Å². The Hall–Kier alpha value is -1.10. The van der Waals surface area contributed by atoms with Gasteiger partial charge in [-0.1, -0.05) is 0 Å². The third-order valence-corrected chi connectivity index (χ3v) is 5.24. The molecule has 20 heavy (non-hydrogen) atoms. The van der Waals surface area contributed by atoms with Crippen molar-refractivity contribution in [3.8, 4) is 0 Å². The highest BCUT2D eigenvalue weighted by atomic mass is 16.5. The molecule has 0 bridgehead atoms. The Bertz CT molecular complexity index is 406. The smallest absolute Gasteiger partial charge is 0.246 e. The zero-order chi connectivity index (χ0) is 14.3. The molecule has 0 saturated carbocycles. The van der Waals surface area contributed by atoms with Crippen LogP contribution in [0, 0.1) is 5.92 Å². The monoisotopic (exact) mass is 280 g/mol. The Balaban J connectivity index is 1.80. The number of amides is 2. The topological polar surface area (TPSA) is 49.9 Å². The molecule has 2 amide bonds. The Kier molecular flexibility index (Phi) is 3.71. The molecule has 3 rings (SSSR count). The number of ether oxygens (including phenoxy) is 1. The van der Waals surface area contributed by atoms with Crippen molar-refractivity contribution in [2.45, 2.75) is 57.7 Å². The summed E-state index contributed by atoms with van der Waals surface area (Å²) >= 11 is 0. The van der Waals surface area contributed by atoms with E-state index >= 15 is 0 Å².